The van der Waals surface area contributed by atoms with E-state index in [9.17, 15) is 4.79 Å². The standard InChI is InChI=1S/C21H32N2O5/c1-25-19-14-17(15-20(16-19)26-2)21(24)23(18-4-10-27-11-5-18)7-3-6-22-8-12-28-13-9-22/h14-16,18H,3-13H2,1-2H3. The molecule has 0 aliphatic carbocycles. The largest absolute Gasteiger partial charge is 0.497 e. The first-order chi connectivity index (χ1) is 13.7. The average molecular weight is 392 g/mol. The number of benzene rings is 1. The molecule has 7 heteroatoms. The minimum absolute atomic E-state index is 0.0334. The van der Waals surface area contributed by atoms with Gasteiger partial charge in [0, 0.05) is 57.1 Å². The molecule has 2 fully saturated rings. The summed E-state index contributed by atoms with van der Waals surface area (Å²) in [7, 11) is 3.20. The first-order valence-corrected chi connectivity index (χ1v) is 10.1. The molecule has 0 bridgehead atoms. The summed E-state index contributed by atoms with van der Waals surface area (Å²) in [6.45, 7) is 6.67. The Morgan fingerprint density at radius 1 is 1.04 bits per heavy atom. The third-order valence-electron chi connectivity index (χ3n) is 5.47. The Labute approximate surface area is 167 Å². The van der Waals surface area contributed by atoms with Crippen LogP contribution in [0, 0.1) is 0 Å². The molecular weight excluding hydrogens is 360 g/mol. The van der Waals surface area contributed by atoms with Crippen LogP contribution in [0.2, 0.25) is 0 Å². The van der Waals surface area contributed by atoms with Gasteiger partial charge in [0.2, 0.25) is 0 Å². The Balaban J connectivity index is 1.70. The van der Waals surface area contributed by atoms with Crippen LogP contribution in [0.15, 0.2) is 18.2 Å². The van der Waals surface area contributed by atoms with E-state index < -0.39 is 0 Å². The third kappa shape index (κ3) is 5.59. The number of amides is 1. The fourth-order valence-electron chi connectivity index (χ4n) is 3.83. The summed E-state index contributed by atoms with van der Waals surface area (Å²) >= 11 is 0. The second kappa shape index (κ2) is 10.6. The van der Waals surface area contributed by atoms with Gasteiger partial charge in [-0.3, -0.25) is 9.69 Å². The van der Waals surface area contributed by atoms with Gasteiger partial charge < -0.3 is 23.8 Å². The SMILES string of the molecule is COc1cc(OC)cc(C(=O)N(CCCN2CCOCC2)C2CCOCC2)c1. The van der Waals surface area contributed by atoms with Crippen molar-refractivity contribution in [2.45, 2.75) is 25.3 Å². The van der Waals surface area contributed by atoms with E-state index in [1.807, 2.05) is 4.90 Å². The van der Waals surface area contributed by atoms with Crippen molar-refractivity contribution in [3.8, 4) is 11.5 Å². The normalized spacial score (nSPS) is 18.6. The van der Waals surface area contributed by atoms with E-state index in [4.69, 9.17) is 18.9 Å². The molecule has 28 heavy (non-hydrogen) atoms. The number of morpholine rings is 1. The molecule has 0 saturated carbocycles. The number of ether oxygens (including phenoxy) is 4. The van der Waals surface area contributed by atoms with Crippen molar-refractivity contribution in [2.75, 3.05) is 66.8 Å². The van der Waals surface area contributed by atoms with Crippen LogP contribution in [0.25, 0.3) is 0 Å². The van der Waals surface area contributed by atoms with Crippen LogP contribution in [0.5, 0.6) is 11.5 Å². The zero-order valence-corrected chi connectivity index (χ0v) is 17.0. The molecule has 0 spiro atoms. The zero-order chi connectivity index (χ0) is 19.8. The minimum atomic E-state index is 0.0334. The Bertz CT molecular complexity index is 605. The molecule has 1 aromatic carbocycles. The molecule has 0 unspecified atom stereocenters. The molecule has 156 valence electrons. The number of hydrogen-bond acceptors (Lipinski definition) is 6. The zero-order valence-electron chi connectivity index (χ0n) is 17.0. The molecular formula is C21H32N2O5. The fraction of sp³-hybridized carbons (Fsp3) is 0.667. The van der Waals surface area contributed by atoms with Crippen LogP contribution in [0.1, 0.15) is 29.6 Å². The second-order valence-corrected chi connectivity index (χ2v) is 7.25. The van der Waals surface area contributed by atoms with Gasteiger partial charge in [-0.1, -0.05) is 0 Å². The lowest BCUT2D eigenvalue weighted by Gasteiger charge is -2.35. The number of hydrogen-bond donors (Lipinski definition) is 0. The maximum atomic E-state index is 13.4. The van der Waals surface area contributed by atoms with Gasteiger partial charge in [-0.2, -0.15) is 0 Å². The second-order valence-electron chi connectivity index (χ2n) is 7.25. The molecule has 2 heterocycles. The molecule has 2 saturated heterocycles. The molecule has 0 radical (unpaired) electrons. The highest BCUT2D eigenvalue weighted by molar-refractivity contribution is 5.95. The molecule has 0 N–H and O–H groups in total. The van der Waals surface area contributed by atoms with Crippen molar-refractivity contribution in [1.29, 1.82) is 0 Å². The summed E-state index contributed by atoms with van der Waals surface area (Å²) in [5.41, 5.74) is 0.606. The Morgan fingerprint density at radius 2 is 1.64 bits per heavy atom. The Kier molecular flexibility index (Phi) is 7.94. The van der Waals surface area contributed by atoms with Gasteiger partial charge >= 0.3 is 0 Å². The van der Waals surface area contributed by atoms with Crippen molar-refractivity contribution in [2.24, 2.45) is 0 Å². The molecule has 7 nitrogen and oxygen atoms in total. The number of rotatable bonds is 8. The van der Waals surface area contributed by atoms with E-state index in [1.54, 1.807) is 32.4 Å². The highest BCUT2D eigenvalue weighted by Gasteiger charge is 2.27. The number of nitrogens with zero attached hydrogens (tertiary/aromatic N) is 2. The molecule has 1 amide bonds. The first kappa shape index (κ1) is 20.9. The summed E-state index contributed by atoms with van der Waals surface area (Å²) in [5.74, 6) is 1.29. The van der Waals surface area contributed by atoms with E-state index in [0.29, 0.717) is 30.3 Å². The quantitative estimate of drug-likeness (QED) is 0.675. The Hall–Kier alpha value is -1.83. The van der Waals surface area contributed by atoms with E-state index in [2.05, 4.69) is 4.90 Å². The van der Waals surface area contributed by atoms with Crippen LogP contribution in [-0.4, -0.2) is 88.6 Å². The number of carbonyl (C=O) groups is 1. The van der Waals surface area contributed by atoms with Crippen molar-refractivity contribution >= 4 is 5.91 Å². The predicted octanol–water partition coefficient (Wildman–Crippen LogP) is 2.05. The number of methoxy groups -OCH3 is 2. The molecule has 2 aliphatic rings. The summed E-state index contributed by atoms with van der Waals surface area (Å²) < 4.78 is 21.6. The molecule has 1 aromatic rings. The lowest BCUT2D eigenvalue weighted by molar-refractivity contribution is 0.0222. The van der Waals surface area contributed by atoms with Gasteiger partial charge in [-0.05, 0) is 31.4 Å². The van der Waals surface area contributed by atoms with Crippen LogP contribution in [0.3, 0.4) is 0 Å². The van der Waals surface area contributed by atoms with Gasteiger partial charge in [0.1, 0.15) is 11.5 Å². The maximum Gasteiger partial charge on any atom is 0.254 e. The average Bonchev–Trinajstić information content (AvgIpc) is 2.77. The van der Waals surface area contributed by atoms with Gasteiger partial charge in [0.05, 0.1) is 27.4 Å². The van der Waals surface area contributed by atoms with E-state index in [0.717, 1.165) is 58.7 Å². The minimum Gasteiger partial charge on any atom is -0.497 e. The van der Waals surface area contributed by atoms with E-state index >= 15 is 0 Å². The summed E-state index contributed by atoms with van der Waals surface area (Å²) in [6.07, 6.45) is 2.71. The molecule has 2 aliphatic heterocycles. The lowest BCUT2D eigenvalue weighted by atomic mass is 10.0. The predicted molar refractivity (Wildman–Crippen MR) is 106 cm³/mol. The number of carbonyl (C=O) groups excluding carboxylic acids is 1. The van der Waals surface area contributed by atoms with E-state index in [-0.39, 0.29) is 11.9 Å². The van der Waals surface area contributed by atoms with Crippen molar-refractivity contribution < 1.29 is 23.7 Å². The van der Waals surface area contributed by atoms with Crippen molar-refractivity contribution in [3.05, 3.63) is 23.8 Å². The topological polar surface area (TPSA) is 60.5 Å². The first-order valence-electron chi connectivity index (χ1n) is 10.1. The highest BCUT2D eigenvalue weighted by Crippen LogP contribution is 2.25. The summed E-state index contributed by atoms with van der Waals surface area (Å²) in [5, 5.41) is 0. The van der Waals surface area contributed by atoms with E-state index in [1.165, 1.54) is 0 Å². The van der Waals surface area contributed by atoms with Crippen LogP contribution in [-0.2, 0) is 9.47 Å². The van der Waals surface area contributed by atoms with Gasteiger partial charge in [-0.25, -0.2) is 0 Å². The monoisotopic (exact) mass is 392 g/mol. The van der Waals surface area contributed by atoms with Crippen molar-refractivity contribution in [3.63, 3.8) is 0 Å². The third-order valence-corrected chi connectivity index (χ3v) is 5.47. The van der Waals surface area contributed by atoms with Gasteiger partial charge in [-0.15, -0.1) is 0 Å². The Morgan fingerprint density at radius 3 is 2.25 bits per heavy atom. The van der Waals surface area contributed by atoms with Crippen LogP contribution < -0.4 is 9.47 Å². The van der Waals surface area contributed by atoms with Crippen LogP contribution in [0.4, 0.5) is 0 Å². The molecule has 0 aromatic heterocycles. The molecule has 0 atom stereocenters. The highest BCUT2D eigenvalue weighted by atomic mass is 16.5. The van der Waals surface area contributed by atoms with Crippen molar-refractivity contribution in [1.82, 2.24) is 9.80 Å². The van der Waals surface area contributed by atoms with Gasteiger partial charge in [0.15, 0.2) is 0 Å². The lowest BCUT2D eigenvalue weighted by Crippen LogP contribution is -2.45. The molecule has 3 rings (SSSR count). The fourth-order valence-corrected chi connectivity index (χ4v) is 3.83. The van der Waals surface area contributed by atoms with Crippen LogP contribution >= 0.6 is 0 Å². The van der Waals surface area contributed by atoms with Gasteiger partial charge in [0.25, 0.3) is 5.91 Å². The summed E-state index contributed by atoms with van der Waals surface area (Å²) in [4.78, 5) is 17.8. The maximum absolute atomic E-state index is 13.4. The smallest absolute Gasteiger partial charge is 0.254 e. The summed E-state index contributed by atoms with van der Waals surface area (Å²) in [6, 6.07) is 5.58.